The molecule has 1 heterocycles. The van der Waals surface area contributed by atoms with Gasteiger partial charge in [-0.2, -0.15) is 4.98 Å². The summed E-state index contributed by atoms with van der Waals surface area (Å²) in [7, 11) is 0. The van der Waals surface area contributed by atoms with Gasteiger partial charge >= 0.3 is 4.84 Å². The van der Waals surface area contributed by atoms with Crippen LogP contribution in [0.15, 0.2) is 4.52 Å². The van der Waals surface area contributed by atoms with Gasteiger partial charge in [0.1, 0.15) is 5.82 Å². The van der Waals surface area contributed by atoms with E-state index in [4.69, 9.17) is 22.5 Å². The Kier molecular flexibility index (Phi) is 2.68. The molecule has 0 spiro atoms. The molecule has 1 aliphatic carbocycles. The fourth-order valence-electron chi connectivity index (χ4n) is 2.57. The smallest absolute Gasteiger partial charge is 0.314 e. The molecule has 84 valence electrons. The minimum Gasteiger partial charge on any atom is -0.348 e. The summed E-state index contributed by atoms with van der Waals surface area (Å²) in [5, 5.41) is 2.76. The maximum Gasteiger partial charge on any atom is 0.314 e. The molecule has 1 aromatic rings. The van der Waals surface area contributed by atoms with Gasteiger partial charge in [0.2, 0.25) is 0 Å². The Morgan fingerprint density at radius 1 is 1.67 bits per heavy atom. The molecule has 1 aliphatic rings. The molecule has 0 aromatic carbocycles. The first-order valence-corrected chi connectivity index (χ1v) is 5.68. The van der Waals surface area contributed by atoms with Gasteiger partial charge in [-0.3, -0.25) is 0 Å². The van der Waals surface area contributed by atoms with Crippen LogP contribution in [-0.2, 0) is 0 Å². The first-order valence-electron chi connectivity index (χ1n) is 5.27. The van der Waals surface area contributed by atoms with E-state index in [1.807, 2.05) is 0 Å². The van der Waals surface area contributed by atoms with Crippen LogP contribution in [0.2, 0.25) is 0 Å². The number of nitrogens with zero attached hydrogens (tertiary/aromatic N) is 1. The summed E-state index contributed by atoms with van der Waals surface area (Å²) >= 11 is 4.84. The second kappa shape index (κ2) is 3.72. The van der Waals surface area contributed by atoms with Crippen molar-refractivity contribution >= 4 is 12.2 Å². The van der Waals surface area contributed by atoms with Crippen molar-refractivity contribution in [3.63, 3.8) is 0 Å². The Hall–Kier alpha value is -0.680. The molecule has 0 saturated heterocycles. The molecule has 1 atom stereocenters. The predicted octanol–water partition coefficient (Wildman–Crippen LogP) is 2.21. The van der Waals surface area contributed by atoms with Gasteiger partial charge in [0.25, 0.3) is 0 Å². The molecule has 2 rings (SSSR count). The summed E-state index contributed by atoms with van der Waals surface area (Å²) in [6.45, 7) is 5.16. The van der Waals surface area contributed by atoms with Crippen molar-refractivity contribution in [1.29, 1.82) is 0 Å². The van der Waals surface area contributed by atoms with Crippen molar-refractivity contribution in [2.45, 2.75) is 32.6 Å². The lowest BCUT2D eigenvalue weighted by atomic mass is 9.60. The van der Waals surface area contributed by atoms with Crippen molar-refractivity contribution < 1.29 is 4.52 Å². The van der Waals surface area contributed by atoms with E-state index in [1.165, 1.54) is 12.8 Å². The molecule has 1 fully saturated rings. The molecule has 1 unspecified atom stereocenters. The Morgan fingerprint density at radius 3 is 2.73 bits per heavy atom. The minimum absolute atomic E-state index is 0.262. The van der Waals surface area contributed by atoms with Crippen molar-refractivity contribution in [1.82, 2.24) is 10.1 Å². The zero-order valence-electron chi connectivity index (χ0n) is 9.12. The van der Waals surface area contributed by atoms with E-state index in [1.54, 1.807) is 0 Å². The number of hydrogen-bond donors (Lipinski definition) is 2. The third kappa shape index (κ3) is 2.13. The van der Waals surface area contributed by atoms with E-state index in [0.29, 0.717) is 17.9 Å². The number of nitrogens with one attached hydrogen (secondary N) is 1. The zero-order valence-corrected chi connectivity index (χ0v) is 9.93. The topological polar surface area (TPSA) is 67.8 Å². The lowest BCUT2D eigenvalue weighted by Gasteiger charge is -2.45. The first kappa shape index (κ1) is 10.8. The number of hydrogen-bond acceptors (Lipinski definition) is 4. The van der Waals surface area contributed by atoms with Crippen molar-refractivity contribution in [3.05, 3.63) is 10.7 Å². The zero-order chi connectivity index (χ0) is 11.1. The van der Waals surface area contributed by atoms with Gasteiger partial charge < -0.3 is 10.3 Å². The van der Waals surface area contributed by atoms with E-state index in [-0.39, 0.29) is 10.8 Å². The highest BCUT2D eigenvalue weighted by atomic mass is 32.1. The first-order chi connectivity index (χ1) is 7.02. The van der Waals surface area contributed by atoms with Crippen LogP contribution in [-0.4, -0.2) is 16.7 Å². The standard InChI is InChI=1S/C10H17N3OS/c1-10(2)3-6(4-10)7(5-11)8-12-9(15)14-13-8/h6-7H,3-5,11H2,1-2H3,(H,12,13,15). The molecule has 5 heteroatoms. The molecule has 0 radical (unpaired) electrons. The van der Waals surface area contributed by atoms with Crippen molar-refractivity contribution in [2.24, 2.45) is 17.1 Å². The fourth-order valence-corrected chi connectivity index (χ4v) is 2.71. The molecule has 15 heavy (non-hydrogen) atoms. The van der Waals surface area contributed by atoms with Crippen molar-refractivity contribution in [3.8, 4) is 0 Å². The third-order valence-corrected chi connectivity index (χ3v) is 3.43. The van der Waals surface area contributed by atoms with Gasteiger partial charge in [0.15, 0.2) is 0 Å². The molecular weight excluding hydrogens is 210 g/mol. The largest absolute Gasteiger partial charge is 0.348 e. The Bertz CT molecular complexity index is 387. The lowest BCUT2D eigenvalue weighted by molar-refractivity contribution is 0.0734. The molecule has 0 amide bonds. The SMILES string of the molecule is CC1(C)CC(C(CN)c2nc(=S)o[nH]2)C1. The molecule has 1 aromatic heterocycles. The number of aromatic nitrogens is 2. The maximum atomic E-state index is 5.78. The van der Waals surface area contributed by atoms with Gasteiger partial charge in [0.05, 0.1) is 0 Å². The Labute approximate surface area is 94.2 Å². The van der Waals surface area contributed by atoms with Crippen LogP contribution in [0.3, 0.4) is 0 Å². The van der Waals surface area contributed by atoms with Crippen LogP contribution in [0, 0.1) is 16.2 Å². The quantitative estimate of drug-likeness (QED) is 0.777. The summed E-state index contributed by atoms with van der Waals surface area (Å²) in [6.07, 6.45) is 2.39. The van der Waals surface area contributed by atoms with E-state index < -0.39 is 0 Å². The number of aromatic amines is 1. The van der Waals surface area contributed by atoms with Gasteiger partial charge in [-0.25, -0.2) is 5.16 Å². The van der Waals surface area contributed by atoms with Crippen LogP contribution in [0.25, 0.3) is 0 Å². The van der Waals surface area contributed by atoms with Crippen molar-refractivity contribution in [2.75, 3.05) is 6.54 Å². The molecule has 0 bridgehead atoms. The van der Waals surface area contributed by atoms with E-state index >= 15 is 0 Å². The van der Waals surface area contributed by atoms with Gasteiger partial charge in [-0.1, -0.05) is 13.8 Å². The fraction of sp³-hybridized carbons (Fsp3) is 0.800. The normalized spacial score (nSPS) is 22.3. The Balaban J connectivity index is 2.09. The maximum absolute atomic E-state index is 5.78. The van der Waals surface area contributed by atoms with E-state index in [0.717, 1.165) is 5.82 Å². The molecule has 1 saturated carbocycles. The summed E-state index contributed by atoms with van der Waals surface area (Å²) in [4.78, 5) is 4.41. The summed E-state index contributed by atoms with van der Waals surface area (Å²) < 4.78 is 4.94. The highest BCUT2D eigenvalue weighted by molar-refractivity contribution is 7.71. The summed E-state index contributed by atoms with van der Waals surface area (Å²) in [5.41, 5.74) is 6.23. The number of H-pyrrole nitrogens is 1. The number of nitrogens with two attached hydrogens (primary N) is 1. The molecular formula is C10H17N3OS. The molecule has 0 aliphatic heterocycles. The number of rotatable bonds is 3. The molecule has 4 nitrogen and oxygen atoms in total. The Morgan fingerprint density at radius 2 is 2.33 bits per heavy atom. The van der Waals surface area contributed by atoms with Gasteiger partial charge in [-0.15, -0.1) is 0 Å². The second-order valence-corrected chi connectivity index (χ2v) is 5.49. The minimum atomic E-state index is 0.262. The van der Waals surface area contributed by atoms with Gasteiger partial charge in [-0.05, 0) is 36.4 Å². The predicted molar refractivity (Wildman–Crippen MR) is 60.0 cm³/mol. The van der Waals surface area contributed by atoms with Crippen LogP contribution < -0.4 is 5.73 Å². The highest BCUT2D eigenvalue weighted by Gasteiger charge is 2.41. The third-order valence-electron chi connectivity index (χ3n) is 3.26. The lowest BCUT2D eigenvalue weighted by Crippen LogP contribution is -2.38. The molecule has 3 N–H and O–H groups in total. The average molecular weight is 227 g/mol. The highest BCUT2D eigenvalue weighted by Crippen LogP contribution is 2.50. The van der Waals surface area contributed by atoms with Gasteiger partial charge in [0, 0.05) is 12.5 Å². The summed E-state index contributed by atoms with van der Waals surface area (Å²) in [5.74, 6) is 1.68. The summed E-state index contributed by atoms with van der Waals surface area (Å²) in [6, 6.07) is 0. The van der Waals surface area contributed by atoms with Crippen LogP contribution in [0.4, 0.5) is 0 Å². The van der Waals surface area contributed by atoms with E-state index in [2.05, 4.69) is 24.0 Å². The van der Waals surface area contributed by atoms with Crippen LogP contribution in [0.5, 0.6) is 0 Å². The average Bonchev–Trinajstić information content (AvgIpc) is 2.50. The van der Waals surface area contributed by atoms with Crippen LogP contribution in [0.1, 0.15) is 38.4 Å². The van der Waals surface area contributed by atoms with E-state index in [9.17, 15) is 0 Å². The van der Waals surface area contributed by atoms with Crippen LogP contribution >= 0.6 is 12.2 Å². The second-order valence-electron chi connectivity index (χ2n) is 5.14. The monoisotopic (exact) mass is 227 g/mol.